The molecule has 0 bridgehead atoms. The fraction of sp³-hybridized carbons (Fsp3) is 0.538. The van der Waals surface area contributed by atoms with E-state index >= 15 is 0 Å². The Bertz CT molecular complexity index is 521. The van der Waals surface area contributed by atoms with Gasteiger partial charge in [-0.25, -0.2) is 8.42 Å². The molecule has 1 aromatic rings. The predicted octanol–water partition coefficient (Wildman–Crippen LogP) is 1.30. The highest BCUT2D eigenvalue weighted by molar-refractivity contribution is 7.90. The Morgan fingerprint density at radius 2 is 1.94 bits per heavy atom. The van der Waals surface area contributed by atoms with Gasteiger partial charge in [-0.15, -0.1) is 0 Å². The molecule has 0 radical (unpaired) electrons. The van der Waals surface area contributed by atoms with Crippen LogP contribution in [0.3, 0.4) is 0 Å². The van der Waals surface area contributed by atoms with E-state index in [1.165, 1.54) is 6.26 Å². The standard InChI is InChI=1S/C13H19NO3S/c1-14(9-10-7-11(15)8-10)12-5-3-4-6-13(12)18(2,16)17/h3-6,10-11,15H,7-9H2,1-2H3. The number of hydrogen-bond acceptors (Lipinski definition) is 4. The van der Waals surface area contributed by atoms with Gasteiger partial charge in [-0.3, -0.25) is 0 Å². The van der Waals surface area contributed by atoms with Gasteiger partial charge in [0.05, 0.1) is 16.7 Å². The van der Waals surface area contributed by atoms with Gasteiger partial charge >= 0.3 is 0 Å². The van der Waals surface area contributed by atoms with Gasteiger partial charge in [0.25, 0.3) is 0 Å². The minimum Gasteiger partial charge on any atom is -0.393 e. The van der Waals surface area contributed by atoms with Gasteiger partial charge in [-0.1, -0.05) is 12.1 Å². The van der Waals surface area contributed by atoms with E-state index in [1.807, 2.05) is 24.1 Å². The zero-order valence-electron chi connectivity index (χ0n) is 10.7. The molecule has 1 aliphatic carbocycles. The first kappa shape index (κ1) is 13.4. The molecule has 0 atom stereocenters. The van der Waals surface area contributed by atoms with Gasteiger partial charge in [0, 0.05) is 19.8 Å². The third-order valence-corrected chi connectivity index (χ3v) is 4.56. The van der Waals surface area contributed by atoms with Crippen LogP contribution < -0.4 is 4.90 Å². The van der Waals surface area contributed by atoms with E-state index in [0.29, 0.717) is 10.8 Å². The molecule has 1 aromatic carbocycles. The van der Waals surface area contributed by atoms with Crippen LogP contribution in [0.15, 0.2) is 29.2 Å². The Balaban J connectivity index is 2.17. The van der Waals surface area contributed by atoms with Crippen molar-refractivity contribution >= 4 is 15.5 Å². The molecule has 100 valence electrons. The maximum absolute atomic E-state index is 11.7. The molecule has 0 unspecified atom stereocenters. The smallest absolute Gasteiger partial charge is 0.177 e. The van der Waals surface area contributed by atoms with Gasteiger partial charge < -0.3 is 10.0 Å². The van der Waals surface area contributed by atoms with Crippen LogP contribution in [0.1, 0.15) is 12.8 Å². The maximum Gasteiger partial charge on any atom is 0.177 e. The van der Waals surface area contributed by atoms with Crippen molar-refractivity contribution in [1.29, 1.82) is 0 Å². The van der Waals surface area contributed by atoms with Crippen LogP contribution in [0, 0.1) is 5.92 Å². The minimum atomic E-state index is -3.20. The van der Waals surface area contributed by atoms with Crippen LogP contribution >= 0.6 is 0 Å². The van der Waals surface area contributed by atoms with Crippen LogP contribution in [0.5, 0.6) is 0 Å². The summed E-state index contributed by atoms with van der Waals surface area (Å²) in [5.41, 5.74) is 0.737. The third-order valence-electron chi connectivity index (χ3n) is 3.42. The van der Waals surface area contributed by atoms with Crippen molar-refractivity contribution in [3.63, 3.8) is 0 Å². The van der Waals surface area contributed by atoms with Crippen LogP contribution in [0.4, 0.5) is 5.69 Å². The molecule has 0 aromatic heterocycles. The Morgan fingerprint density at radius 1 is 1.33 bits per heavy atom. The number of benzene rings is 1. The van der Waals surface area contributed by atoms with E-state index in [0.717, 1.165) is 25.1 Å². The van der Waals surface area contributed by atoms with Gasteiger partial charge in [-0.2, -0.15) is 0 Å². The number of nitrogens with zero attached hydrogens (tertiary/aromatic N) is 1. The molecular weight excluding hydrogens is 250 g/mol. The Morgan fingerprint density at radius 3 is 2.50 bits per heavy atom. The highest BCUT2D eigenvalue weighted by atomic mass is 32.2. The second-order valence-corrected chi connectivity index (χ2v) is 7.10. The first-order valence-electron chi connectivity index (χ1n) is 6.06. The molecule has 1 saturated carbocycles. The third kappa shape index (κ3) is 2.84. The van der Waals surface area contributed by atoms with Crippen LogP contribution in [-0.4, -0.2) is 39.5 Å². The fourth-order valence-electron chi connectivity index (χ4n) is 2.42. The quantitative estimate of drug-likeness (QED) is 0.895. The first-order valence-corrected chi connectivity index (χ1v) is 7.95. The van der Waals surface area contributed by atoms with Gasteiger partial charge in [0.2, 0.25) is 0 Å². The molecule has 0 saturated heterocycles. The number of aliphatic hydroxyl groups excluding tert-OH is 1. The van der Waals surface area contributed by atoms with E-state index in [-0.39, 0.29) is 6.10 Å². The summed E-state index contributed by atoms with van der Waals surface area (Å²) in [5.74, 6) is 0.456. The summed E-state index contributed by atoms with van der Waals surface area (Å²) in [4.78, 5) is 2.33. The second kappa shape index (κ2) is 4.90. The SMILES string of the molecule is CN(CC1CC(O)C1)c1ccccc1S(C)(=O)=O. The summed E-state index contributed by atoms with van der Waals surface area (Å²) in [6.07, 6.45) is 2.68. The Hall–Kier alpha value is -1.07. The van der Waals surface area contributed by atoms with Crippen molar-refractivity contribution in [2.45, 2.75) is 23.8 Å². The largest absolute Gasteiger partial charge is 0.393 e. The topological polar surface area (TPSA) is 57.6 Å². The first-order chi connectivity index (χ1) is 8.38. The number of hydrogen-bond donors (Lipinski definition) is 1. The van der Waals surface area contributed by atoms with Crippen molar-refractivity contribution in [1.82, 2.24) is 0 Å². The van der Waals surface area contributed by atoms with E-state index < -0.39 is 9.84 Å². The maximum atomic E-state index is 11.7. The van der Waals surface area contributed by atoms with Crippen LogP contribution in [-0.2, 0) is 9.84 Å². The summed E-state index contributed by atoms with van der Waals surface area (Å²) < 4.78 is 23.4. The lowest BCUT2D eigenvalue weighted by Crippen LogP contribution is -2.37. The summed E-state index contributed by atoms with van der Waals surface area (Å²) in [5, 5.41) is 9.27. The molecule has 18 heavy (non-hydrogen) atoms. The minimum absolute atomic E-state index is 0.173. The number of para-hydroxylation sites is 1. The average Bonchev–Trinajstić information content (AvgIpc) is 2.26. The van der Waals surface area contributed by atoms with Crippen molar-refractivity contribution in [3.8, 4) is 0 Å². The van der Waals surface area contributed by atoms with Crippen LogP contribution in [0.25, 0.3) is 0 Å². The molecule has 5 heteroatoms. The number of aliphatic hydroxyl groups is 1. The van der Waals surface area contributed by atoms with E-state index in [1.54, 1.807) is 12.1 Å². The molecule has 0 aliphatic heterocycles. The summed E-state index contributed by atoms with van der Waals surface area (Å²) >= 11 is 0. The predicted molar refractivity (Wildman–Crippen MR) is 71.6 cm³/mol. The van der Waals surface area contributed by atoms with Gasteiger partial charge in [0.15, 0.2) is 9.84 Å². The summed E-state index contributed by atoms with van der Waals surface area (Å²) in [6.45, 7) is 0.781. The monoisotopic (exact) mass is 269 g/mol. The second-order valence-electron chi connectivity index (χ2n) is 5.11. The molecule has 1 aliphatic rings. The van der Waals surface area contributed by atoms with Crippen LogP contribution in [0.2, 0.25) is 0 Å². The van der Waals surface area contributed by atoms with Gasteiger partial charge in [0.1, 0.15) is 0 Å². The van der Waals surface area contributed by atoms with Crippen molar-refractivity contribution in [3.05, 3.63) is 24.3 Å². The Kier molecular flexibility index (Phi) is 3.64. The molecule has 2 rings (SSSR count). The van der Waals surface area contributed by atoms with E-state index in [9.17, 15) is 13.5 Å². The fourth-order valence-corrected chi connectivity index (χ4v) is 3.35. The number of sulfone groups is 1. The van der Waals surface area contributed by atoms with Crippen molar-refractivity contribution in [2.24, 2.45) is 5.92 Å². The molecule has 4 nitrogen and oxygen atoms in total. The Labute approximate surface area is 108 Å². The average molecular weight is 269 g/mol. The van der Waals surface area contributed by atoms with Crippen molar-refractivity contribution < 1.29 is 13.5 Å². The molecule has 1 fully saturated rings. The molecule has 0 amide bonds. The number of rotatable bonds is 4. The zero-order valence-corrected chi connectivity index (χ0v) is 11.5. The molecule has 1 N–H and O–H groups in total. The lowest BCUT2D eigenvalue weighted by molar-refractivity contribution is 0.0464. The van der Waals surface area contributed by atoms with E-state index in [2.05, 4.69) is 0 Å². The zero-order chi connectivity index (χ0) is 13.3. The van der Waals surface area contributed by atoms with E-state index in [4.69, 9.17) is 0 Å². The highest BCUT2D eigenvalue weighted by Crippen LogP contribution is 2.31. The number of anilines is 1. The normalized spacial score (nSPS) is 23.5. The lowest BCUT2D eigenvalue weighted by Gasteiger charge is -2.35. The molecular formula is C13H19NO3S. The highest BCUT2D eigenvalue weighted by Gasteiger charge is 2.28. The van der Waals surface area contributed by atoms with Crippen molar-refractivity contribution in [2.75, 3.05) is 24.7 Å². The van der Waals surface area contributed by atoms with Gasteiger partial charge in [-0.05, 0) is 30.9 Å². The lowest BCUT2D eigenvalue weighted by atomic mass is 9.82. The summed E-state index contributed by atoms with van der Waals surface area (Å²) in [6, 6.07) is 7.04. The summed E-state index contributed by atoms with van der Waals surface area (Å²) in [7, 11) is -1.31. The molecule has 0 heterocycles. The molecule has 0 spiro atoms.